The molecule has 1 aromatic heterocycles. The molecule has 0 aliphatic heterocycles. The molecule has 0 spiro atoms. The van der Waals surface area contributed by atoms with Gasteiger partial charge in [-0.25, -0.2) is 8.42 Å². The van der Waals surface area contributed by atoms with Crippen LogP contribution in [-0.4, -0.2) is 53.0 Å². The van der Waals surface area contributed by atoms with E-state index >= 15 is 0 Å². The van der Waals surface area contributed by atoms with Gasteiger partial charge < -0.3 is 9.47 Å². The third kappa shape index (κ3) is 6.84. The largest absolute Gasteiger partial charge is 0.345 e. The summed E-state index contributed by atoms with van der Waals surface area (Å²) in [6, 6.07) is 11.7. The zero-order valence-electron chi connectivity index (χ0n) is 19.9. The molecule has 8 heteroatoms. The Morgan fingerprint density at radius 3 is 2.48 bits per heavy atom. The molecule has 1 aliphatic carbocycles. The molecule has 0 bridgehead atoms. The van der Waals surface area contributed by atoms with Gasteiger partial charge in [0.1, 0.15) is 0 Å². The highest BCUT2D eigenvalue weighted by Crippen LogP contribution is 2.26. The SMILES string of the molecule is CCC(C)N(CC(=O)N(Cc1cccn1Cc1ccccc1Cl)C1CCCCC1)S(C)(=O)=O. The molecule has 0 saturated heterocycles. The van der Waals surface area contributed by atoms with E-state index in [4.69, 9.17) is 11.6 Å². The minimum Gasteiger partial charge on any atom is -0.345 e. The van der Waals surface area contributed by atoms with Gasteiger partial charge >= 0.3 is 0 Å². The second kappa shape index (κ2) is 11.5. The van der Waals surface area contributed by atoms with Gasteiger partial charge in [0, 0.05) is 35.5 Å². The van der Waals surface area contributed by atoms with E-state index in [1.54, 1.807) is 0 Å². The molecular formula is C25H36ClN3O3S. The number of aromatic nitrogens is 1. The van der Waals surface area contributed by atoms with Crippen LogP contribution in [0.3, 0.4) is 0 Å². The number of rotatable bonds is 10. The van der Waals surface area contributed by atoms with Crippen LogP contribution in [0.15, 0.2) is 42.6 Å². The lowest BCUT2D eigenvalue weighted by atomic mass is 9.94. The topological polar surface area (TPSA) is 62.6 Å². The van der Waals surface area contributed by atoms with Crippen molar-refractivity contribution in [3.63, 3.8) is 0 Å². The van der Waals surface area contributed by atoms with E-state index in [-0.39, 0.29) is 24.5 Å². The fourth-order valence-corrected chi connectivity index (χ4v) is 5.92. The number of sulfonamides is 1. The lowest BCUT2D eigenvalue weighted by Gasteiger charge is -2.36. The first kappa shape index (κ1) is 25.8. The molecule has 3 rings (SSSR count). The molecule has 6 nitrogen and oxygen atoms in total. The summed E-state index contributed by atoms with van der Waals surface area (Å²) in [7, 11) is -3.49. The molecule has 1 unspecified atom stereocenters. The summed E-state index contributed by atoms with van der Waals surface area (Å²) in [6.45, 7) is 4.76. The molecule has 1 aromatic carbocycles. The molecule has 1 fully saturated rings. The molecule has 1 heterocycles. The third-order valence-electron chi connectivity index (χ3n) is 6.69. The summed E-state index contributed by atoms with van der Waals surface area (Å²) in [5.74, 6) is -0.127. The van der Waals surface area contributed by atoms with Gasteiger partial charge in [-0.3, -0.25) is 4.79 Å². The second-order valence-electron chi connectivity index (χ2n) is 9.10. The molecule has 1 amide bonds. The van der Waals surface area contributed by atoms with Gasteiger partial charge in [-0.15, -0.1) is 0 Å². The molecule has 0 radical (unpaired) electrons. The summed E-state index contributed by atoms with van der Waals surface area (Å²) in [5, 5.41) is 0.717. The van der Waals surface area contributed by atoms with Crippen LogP contribution in [0.4, 0.5) is 0 Å². The van der Waals surface area contributed by atoms with E-state index < -0.39 is 10.0 Å². The Morgan fingerprint density at radius 2 is 1.85 bits per heavy atom. The van der Waals surface area contributed by atoms with E-state index in [9.17, 15) is 13.2 Å². The van der Waals surface area contributed by atoms with E-state index in [0.29, 0.717) is 19.5 Å². The zero-order valence-corrected chi connectivity index (χ0v) is 21.5. The van der Waals surface area contributed by atoms with E-state index in [2.05, 4.69) is 4.57 Å². The number of nitrogens with zero attached hydrogens (tertiary/aromatic N) is 3. The maximum absolute atomic E-state index is 13.6. The van der Waals surface area contributed by atoms with Crippen LogP contribution in [0.2, 0.25) is 5.02 Å². The van der Waals surface area contributed by atoms with E-state index in [1.807, 2.05) is 61.3 Å². The van der Waals surface area contributed by atoms with Gasteiger partial charge in [-0.2, -0.15) is 4.31 Å². The fourth-order valence-electron chi connectivity index (χ4n) is 4.57. The molecule has 1 saturated carbocycles. The monoisotopic (exact) mass is 493 g/mol. The number of amides is 1. The van der Waals surface area contributed by atoms with Crippen molar-refractivity contribution in [3.05, 3.63) is 58.9 Å². The quantitative estimate of drug-likeness (QED) is 0.472. The van der Waals surface area contributed by atoms with Crippen LogP contribution >= 0.6 is 11.6 Å². The first-order chi connectivity index (χ1) is 15.7. The van der Waals surface area contributed by atoms with Crippen molar-refractivity contribution in [1.29, 1.82) is 0 Å². The summed E-state index contributed by atoms with van der Waals surface area (Å²) < 4.78 is 28.3. The highest BCUT2D eigenvalue weighted by molar-refractivity contribution is 7.88. The Labute approximate surface area is 203 Å². The van der Waals surface area contributed by atoms with Crippen molar-refractivity contribution in [2.24, 2.45) is 0 Å². The normalized spacial score (nSPS) is 16.2. The van der Waals surface area contributed by atoms with Crippen LogP contribution in [0.1, 0.15) is 63.6 Å². The van der Waals surface area contributed by atoms with Gasteiger partial charge in [0.2, 0.25) is 15.9 Å². The first-order valence-corrected chi connectivity index (χ1v) is 14.1. The predicted octanol–water partition coefficient (Wildman–Crippen LogP) is 4.91. The number of benzene rings is 1. The highest BCUT2D eigenvalue weighted by atomic mass is 35.5. The van der Waals surface area contributed by atoms with Crippen molar-refractivity contribution < 1.29 is 13.2 Å². The van der Waals surface area contributed by atoms with Crippen molar-refractivity contribution in [1.82, 2.24) is 13.8 Å². The Morgan fingerprint density at radius 1 is 1.15 bits per heavy atom. The Bertz CT molecular complexity index is 1030. The van der Waals surface area contributed by atoms with Crippen molar-refractivity contribution >= 4 is 27.5 Å². The van der Waals surface area contributed by atoms with E-state index in [0.717, 1.165) is 42.0 Å². The van der Waals surface area contributed by atoms with Crippen LogP contribution in [0.25, 0.3) is 0 Å². The molecule has 33 heavy (non-hydrogen) atoms. The van der Waals surface area contributed by atoms with Crippen molar-refractivity contribution in [3.8, 4) is 0 Å². The number of carbonyl (C=O) groups is 1. The Hall–Kier alpha value is -1.83. The summed E-state index contributed by atoms with van der Waals surface area (Å²) in [5.41, 5.74) is 2.04. The highest BCUT2D eigenvalue weighted by Gasteiger charge is 2.31. The first-order valence-electron chi connectivity index (χ1n) is 11.8. The lowest BCUT2D eigenvalue weighted by molar-refractivity contribution is -0.135. The van der Waals surface area contributed by atoms with Crippen molar-refractivity contribution in [2.45, 2.75) is 77.5 Å². The minimum atomic E-state index is -3.49. The minimum absolute atomic E-state index is 0.116. The van der Waals surface area contributed by atoms with Gasteiger partial charge in [0.25, 0.3) is 0 Å². The van der Waals surface area contributed by atoms with Crippen LogP contribution in [-0.2, 0) is 27.9 Å². The van der Waals surface area contributed by atoms with Gasteiger partial charge in [0.05, 0.1) is 19.3 Å². The van der Waals surface area contributed by atoms with E-state index in [1.165, 1.54) is 17.0 Å². The van der Waals surface area contributed by atoms with Crippen molar-refractivity contribution in [2.75, 3.05) is 12.8 Å². The standard InChI is InChI=1S/C25H36ClN3O3S/c1-4-20(2)29(33(3,31)32)19-25(30)28(22-12-6-5-7-13-22)18-23-14-10-16-27(23)17-21-11-8-9-15-24(21)26/h8-11,14-16,20,22H,4-7,12-13,17-19H2,1-3H3. The molecule has 182 valence electrons. The number of halogens is 1. The predicted molar refractivity (Wildman–Crippen MR) is 134 cm³/mol. The Balaban J connectivity index is 1.84. The Kier molecular flexibility index (Phi) is 9.02. The van der Waals surface area contributed by atoms with Crippen LogP contribution < -0.4 is 0 Å². The fraction of sp³-hybridized carbons (Fsp3) is 0.560. The van der Waals surface area contributed by atoms with Crippen LogP contribution in [0.5, 0.6) is 0 Å². The molecular weight excluding hydrogens is 458 g/mol. The number of hydrogen-bond acceptors (Lipinski definition) is 3. The lowest BCUT2D eigenvalue weighted by Crippen LogP contribution is -2.49. The number of carbonyl (C=O) groups excluding carboxylic acids is 1. The molecule has 0 N–H and O–H groups in total. The average Bonchev–Trinajstić information content (AvgIpc) is 3.23. The maximum Gasteiger partial charge on any atom is 0.238 e. The number of hydrogen-bond donors (Lipinski definition) is 0. The second-order valence-corrected chi connectivity index (χ2v) is 11.4. The summed E-state index contributed by atoms with van der Waals surface area (Å²) >= 11 is 6.37. The van der Waals surface area contributed by atoms with Gasteiger partial charge in [0.15, 0.2) is 0 Å². The smallest absolute Gasteiger partial charge is 0.238 e. The molecule has 2 aromatic rings. The summed E-state index contributed by atoms with van der Waals surface area (Å²) in [6.07, 6.45) is 9.13. The zero-order chi connectivity index (χ0) is 24.0. The third-order valence-corrected chi connectivity index (χ3v) is 8.40. The van der Waals surface area contributed by atoms with Gasteiger partial charge in [-0.05, 0) is 49.9 Å². The maximum atomic E-state index is 13.6. The van der Waals surface area contributed by atoms with Gasteiger partial charge in [-0.1, -0.05) is 56.0 Å². The van der Waals surface area contributed by atoms with Crippen LogP contribution in [0, 0.1) is 0 Å². The molecule has 1 atom stereocenters. The molecule has 1 aliphatic rings. The average molecular weight is 494 g/mol. The summed E-state index contributed by atoms with van der Waals surface area (Å²) in [4.78, 5) is 15.5.